The number of carbonyl (C=O) groups excluding carboxylic acids is 2. The van der Waals surface area contributed by atoms with Crippen LogP contribution < -0.4 is 0 Å². The normalized spacial score (nSPS) is 15.8. The van der Waals surface area contributed by atoms with Crippen LogP contribution in [0.2, 0.25) is 0 Å². The van der Waals surface area contributed by atoms with E-state index in [0.717, 1.165) is 7.11 Å². The number of likely N-dealkylation sites (tertiary alicyclic amines) is 1. The molecule has 10 nitrogen and oxygen atoms in total. The molecule has 138 valence electrons. The van der Waals surface area contributed by atoms with Gasteiger partial charge in [0.25, 0.3) is 0 Å². The molecular formula is C15H22N4O6. The average Bonchev–Trinajstić information content (AvgIpc) is 2.98. The summed E-state index contributed by atoms with van der Waals surface area (Å²) in [5, 5.41) is 15.1. The molecule has 1 amide bonds. The Kier molecular flexibility index (Phi) is 5.29. The van der Waals surface area contributed by atoms with Crippen molar-refractivity contribution in [3.8, 4) is 0 Å². The van der Waals surface area contributed by atoms with E-state index in [2.05, 4.69) is 9.84 Å². The van der Waals surface area contributed by atoms with Crippen molar-refractivity contribution in [2.75, 3.05) is 20.2 Å². The highest BCUT2D eigenvalue weighted by Crippen LogP contribution is 2.27. The Morgan fingerprint density at radius 3 is 2.40 bits per heavy atom. The van der Waals surface area contributed by atoms with Crippen molar-refractivity contribution < 1.29 is 24.0 Å². The second-order valence-electron chi connectivity index (χ2n) is 6.79. The zero-order valence-electron chi connectivity index (χ0n) is 14.7. The molecule has 25 heavy (non-hydrogen) atoms. The molecule has 1 aliphatic rings. The summed E-state index contributed by atoms with van der Waals surface area (Å²) in [6.45, 7) is 6.29. The molecule has 1 fully saturated rings. The maximum absolute atomic E-state index is 12.1. The van der Waals surface area contributed by atoms with Crippen molar-refractivity contribution in [2.45, 2.75) is 45.3 Å². The molecule has 0 aromatic carbocycles. The van der Waals surface area contributed by atoms with E-state index >= 15 is 0 Å². The summed E-state index contributed by atoms with van der Waals surface area (Å²) in [4.78, 5) is 35.7. The first kappa shape index (κ1) is 18.7. The predicted molar refractivity (Wildman–Crippen MR) is 86.3 cm³/mol. The zero-order valence-corrected chi connectivity index (χ0v) is 14.7. The maximum Gasteiger partial charge on any atom is 0.410 e. The lowest BCUT2D eigenvalue weighted by Crippen LogP contribution is -2.42. The molecule has 0 unspecified atom stereocenters. The number of piperidine rings is 1. The van der Waals surface area contributed by atoms with Gasteiger partial charge in [-0.3, -0.25) is 14.8 Å². The number of nitro groups is 1. The summed E-state index contributed by atoms with van der Waals surface area (Å²) in [6, 6.07) is -0.143. The Bertz CT molecular complexity index is 670. The van der Waals surface area contributed by atoms with Crippen LogP contribution in [0.25, 0.3) is 0 Å². The zero-order chi connectivity index (χ0) is 18.8. The molecule has 0 bridgehead atoms. The van der Waals surface area contributed by atoms with E-state index in [4.69, 9.17) is 4.74 Å². The summed E-state index contributed by atoms with van der Waals surface area (Å²) in [5.41, 5.74) is -1.27. The second kappa shape index (κ2) is 7.08. The van der Waals surface area contributed by atoms with Crippen LogP contribution in [-0.4, -0.2) is 57.5 Å². The third-order valence-electron chi connectivity index (χ3n) is 3.78. The van der Waals surface area contributed by atoms with Gasteiger partial charge in [-0.2, -0.15) is 5.10 Å². The van der Waals surface area contributed by atoms with E-state index in [9.17, 15) is 19.7 Å². The van der Waals surface area contributed by atoms with Crippen LogP contribution in [0.1, 0.15) is 50.1 Å². The van der Waals surface area contributed by atoms with E-state index in [1.807, 2.05) is 0 Å². The topological polar surface area (TPSA) is 117 Å². The third-order valence-corrected chi connectivity index (χ3v) is 3.78. The Labute approximate surface area is 144 Å². The van der Waals surface area contributed by atoms with Crippen LogP contribution in [0.5, 0.6) is 0 Å². The van der Waals surface area contributed by atoms with Crippen LogP contribution in [0, 0.1) is 10.1 Å². The van der Waals surface area contributed by atoms with Gasteiger partial charge in [-0.25, -0.2) is 9.59 Å². The fraction of sp³-hybridized carbons (Fsp3) is 0.667. The van der Waals surface area contributed by atoms with Crippen molar-refractivity contribution >= 4 is 17.7 Å². The number of esters is 1. The molecule has 0 spiro atoms. The lowest BCUT2D eigenvalue weighted by atomic mass is 10.1. The molecule has 1 aromatic heterocycles. The van der Waals surface area contributed by atoms with E-state index in [1.54, 1.807) is 25.7 Å². The van der Waals surface area contributed by atoms with Crippen LogP contribution in [0.4, 0.5) is 10.5 Å². The van der Waals surface area contributed by atoms with Crippen LogP contribution >= 0.6 is 0 Å². The van der Waals surface area contributed by atoms with E-state index < -0.39 is 16.5 Å². The molecule has 1 aromatic rings. The molecule has 1 aliphatic heterocycles. The quantitative estimate of drug-likeness (QED) is 0.464. The summed E-state index contributed by atoms with van der Waals surface area (Å²) >= 11 is 0. The Balaban J connectivity index is 2.07. The Morgan fingerprint density at radius 2 is 1.92 bits per heavy atom. The predicted octanol–water partition coefficient (Wildman–Crippen LogP) is 2.15. The Morgan fingerprint density at radius 1 is 1.32 bits per heavy atom. The van der Waals surface area contributed by atoms with Crippen LogP contribution in [0.3, 0.4) is 0 Å². The summed E-state index contributed by atoms with van der Waals surface area (Å²) in [6.07, 6.45) is 1.96. The smallest absolute Gasteiger partial charge is 0.410 e. The van der Waals surface area contributed by atoms with E-state index in [0.29, 0.717) is 25.9 Å². The number of hydrogen-bond donors (Lipinski definition) is 0. The molecule has 2 heterocycles. The Hall–Kier alpha value is -2.65. The average molecular weight is 354 g/mol. The van der Waals surface area contributed by atoms with Gasteiger partial charge in [0.05, 0.1) is 18.1 Å². The number of rotatable bonds is 3. The van der Waals surface area contributed by atoms with Crippen molar-refractivity contribution in [2.24, 2.45) is 0 Å². The highest BCUT2D eigenvalue weighted by molar-refractivity contribution is 5.91. The van der Waals surface area contributed by atoms with Crippen molar-refractivity contribution in [1.29, 1.82) is 0 Å². The van der Waals surface area contributed by atoms with E-state index in [-0.39, 0.29) is 23.5 Å². The lowest BCUT2D eigenvalue weighted by molar-refractivity contribution is -0.385. The fourth-order valence-electron chi connectivity index (χ4n) is 2.58. The lowest BCUT2D eigenvalue weighted by Gasteiger charge is -2.33. The monoisotopic (exact) mass is 354 g/mol. The third kappa shape index (κ3) is 4.46. The van der Waals surface area contributed by atoms with Gasteiger partial charge in [-0.1, -0.05) is 0 Å². The first-order chi connectivity index (χ1) is 11.6. The number of amides is 1. The largest absolute Gasteiger partial charge is 0.464 e. The van der Waals surface area contributed by atoms with Gasteiger partial charge in [0.15, 0.2) is 0 Å². The first-order valence-electron chi connectivity index (χ1n) is 7.92. The molecule has 0 atom stereocenters. The fourth-order valence-corrected chi connectivity index (χ4v) is 2.58. The van der Waals surface area contributed by atoms with Crippen molar-refractivity contribution in [1.82, 2.24) is 14.7 Å². The molecule has 0 N–H and O–H groups in total. The minimum Gasteiger partial charge on any atom is -0.464 e. The van der Waals surface area contributed by atoms with Crippen LogP contribution in [0.15, 0.2) is 6.20 Å². The number of ether oxygens (including phenoxy) is 2. The van der Waals surface area contributed by atoms with E-state index in [1.165, 1.54) is 10.9 Å². The minimum atomic E-state index is -0.850. The maximum atomic E-state index is 12.1. The minimum absolute atomic E-state index is 0.143. The second-order valence-corrected chi connectivity index (χ2v) is 6.79. The number of nitrogens with zero attached hydrogens (tertiary/aromatic N) is 4. The highest BCUT2D eigenvalue weighted by Gasteiger charge is 2.32. The van der Waals surface area contributed by atoms with Gasteiger partial charge in [-0.05, 0) is 33.6 Å². The van der Waals surface area contributed by atoms with Gasteiger partial charge in [-0.15, -0.1) is 0 Å². The number of carbonyl (C=O) groups is 2. The SMILES string of the molecule is COC(=O)c1nn(C2CCN(C(=O)OC(C)(C)C)CC2)cc1[N+](=O)[O-]. The number of aromatic nitrogens is 2. The molecular weight excluding hydrogens is 332 g/mol. The number of hydrogen-bond acceptors (Lipinski definition) is 7. The molecule has 10 heteroatoms. The molecule has 2 rings (SSSR count). The van der Waals surface area contributed by atoms with Gasteiger partial charge in [0.1, 0.15) is 11.8 Å². The van der Waals surface area contributed by atoms with Gasteiger partial charge < -0.3 is 14.4 Å². The van der Waals surface area contributed by atoms with Crippen molar-refractivity contribution in [3.63, 3.8) is 0 Å². The molecule has 1 saturated heterocycles. The molecule has 0 aliphatic carbocycles. The highest BCUT2D eigenvalue weighted by atomic mass is 16.6. The van der Waals surface area contributed by atoms with Gasteiger partial charge >= 0.3 is 17.7 Å². The first-order valence-corrected chi connectivity index (χ1v) is 7.92. The standard InChI is InChI=1S/C15H22N4O6/c1-15(2,3)25-14(21)17-7-5-10(6-8-17)18-9-11(19(22)23)12(16-18)13(20)24-4/h9-10H,5-8H2,1-4H3. The molecule has 0 saturated carbocycles. The summed E-state index contributed by atoms with van der Waals surface area (Å²) in [7, 11) is 1.14. The number of methoxy groups -OCH3 is 1. The summed E-state index contributed by atoms with van der Waals surface area (Å²) in [5.74, 6) is -0.850. The summed E-state index contributed by atoms with van der Waals surface area (Å²) < 4.78 is 11.3. The molecule has 0 radical (unpaired) electrons. The van der Waals surface area contributed by atoms with Gasteiger partial charge in [0.2, 0.25) is 5.69 Å². The van der Waals surface area contributed by atoms with Crippen molar-refractivity contribution in [3.05, 3.63) is 22.0 Å². The van der Waals surface area contributed by atoms with Gasteiger partial charge in [0, 0.05) is 13.1 Å². The van der Waals surface area contributed by atoms with Crippen LogP contribution in [-0.2, 0) is 9.47 Å².